The van der Waals surface area contributed by atoms with E-state index >= 15 is 4.39 Å². The summed E-state index contributed by atoms with van der Waals surface area (Å²) in [6.07, 6.45) is -2.11. The maximum absolute atomic E-state index is 16.6. The van der Waals surface area contributed by atoms with E-state index < -0.39 is 42.0 Å². The molecular weight excluding hydrogens is 511 g/mol. The molecule has 0 aliphatic carbocycles. The van der Waals surface area contributed by atoms with Gasteiger partial charge in [0.2, 0.25) is 11.9 Å². The summed E-state index contributed by atoms with van der Waals surface area (Å²) in [5, 5.41) is 5.58. The molecule has 1 aliphatic rings. The monoisotopic (exact) mass is 550 g/mol. The number of amides is 1. The molecule has 2 aromatic heterocycles. The van der Waals surface area contributed by atoms with E-state index in [0.717, 1.165) is 0 Å². The van der Waals surface area contributed by atoms with Crippen LogP contribution < -0.4 is 10.6 Å². The van der Waals surface area contributed by atoms with Crippen LogP contribution in [0.15, 0.2) is 6.33 Å². The Kier molecular flexibility index (Phi) is 9.47. The minimum atomic E-state index is -2.26. The zero-order valence-electron chi connectivity index (χ0n) is 23.8. The van der Waals surface area contributed by atoms with Gasteiger partial charge in [-0.15, -0.1) is 0 Å². The molecule has 216 valence electrons. The first-order chi connectivity index (χ1) is 18.2. The number of halogens is 1. The van der Waals surface area contributed by atoms with Gasteiger partial charge >= 0.3 is 11.9 Å². The summed E-state index contributed by atoms with van der Waals surface area (Å²) in [7, 11) is 1.63. The number of imidazole rings is 1. The highest BCUT2D eigenvalue weighted by Gasteiger charge is 2.58. The zero-order valence-corrected chi connectivity index (χ0v) is 23.8. The molecule has 3 rings (SSSR count). The molecule has 0 radical (unpaired) electrons. The summed E-state index contributed by atoms with van der Waals surface area (Å²) >= 11 is 0. The lowest BCUT2D eigenvalue weighted by Gasteiger charge is -2.28. The van der Waals surface area contributed by atoms with Crippen molar-refractivity contribution in [3.8, 4) is 0 Å². The molecule has 13 heteroatoms. The van der Waals surface area contributed by atoms with Gasteiger partial charge in [0.15, 0.2) is 35.0 Å². The summed E-state index contributed by atoms with van der Waals surface area (Å²) in [5.41, 5.74) is -1.75. The van der Waals surface area contributed by atoms with Crippen LogP contribution in [0.4, 0.5) is 16.2 Å². The molecule has 0 spiro atoms. The maximum atomic E-state index is 16.6. The first-order valence-electron chi connectivity index (χ1n) is 13.2. The number of nitrogens with zero attached hydrogens (tertiary/aromatic N) is 4. The highest BCUT2D eigenvalue weighted by molar-refractivity contribution is 5.91. The van der Waals surface area contributed by atoms with E-state index in [1.165, 1.54) is 17.8 Å². The van der Waals surface area contributed by atoms with Crippen molar-refractivity contribution in [2.75, 3.05) is 24.3 Å². The van der Waals surface area contributed by atoms with E-state index in [1.54, 1.807) is 20.9 Å². The topological polar surface area (TPSA) is 147 Å². The molecule has 2 aromatic rings. The Morgan fingerprint density at radius 2 is 1.79 bits per heavy atom. The van der Waals surface area contributed by atoms with Gasteiger partial charge in [-0.05, 0) is 18.8 Å². The summed E-state index contributed by atoms with van der Waals surface area (Å²) < 4.78 is 34.9. The Labute approximate surface area is 227 Å². The lowest BCUT2D eigenvalue weighted by atomic mass is 9.98. The minimum absolute atomic E-state index is 0.00251. The van der Waals surface area contributed by atoms with Crippen molar-refractivity contribution in [2.45, 2.75) is 85.4 Å². The SMILES string of the molecule is CNc1nc(NC(=O)CC(C)C)nc2c1ncn2[C@@H]1O[C@H](COC(=O)C(C)C)[C@@H](OC(=O)CC(C)C)[C@@]1(C)F. The van der Waals surface area contributed by atoms with Crippen molar-refractivity contribution < 1.29 is 33.0 Å². The lowest BCUT2D eigenvalue weighted by molar-refractivity contribution is -0.163. The molecule has 1 fully saturated rings. The van der Waals surface area contributed by atoms with Crippen LogP contribution in [0.3, 0.4) is 0 Å². The van der Waals surface area contributed by atoms with Gasteiger partial charge in [-0.2, -0.15) is 9.97 Å². The summed E-state index contributed by atoms with van der Waals surface area (Å²) in [6.45, 7) is 11.8. The highest BCUT2D eigenvalue weighted by Crippen LogP contribution is 2.44. The normalized spacial score (nSPS) is 23.0. The molecular formula is C26H39FN6O6. The number of nitrogens with one attached hydrogen (secondary N) is 2. The van der Waals surface area contributed by atoms with Gasteiger partial charge in [0.1, 0.15) is 12.7 Å². The van der Waals surface area contributed by atoms with Crippen LogP contribution >= 0.6 is 0 Å². The Bertz CT molecular complexity index is 1200. The van der Waals surface area contributed by atoms with Crippen molar-refractivity contribution >= 4 is 40.8 Å². The van der Waals surface area contributed by atoms with E-state index in [0.29, 0.717) is 11.3 Å². The second-order valence-corrected chi connectivity index (χ2v) is 11.1. The summed E-state index contributed by atoms with van der Waals surface area (Å²) in [4.78, 5) is 50.1. The van der Waals surface area contributed by atoms with Crippen molar-refractivity contribution in [2.24, 2.45) is 17.8 Å². The third-order valence-electron chi connectivity index (χ3n) is 6.13. The van der Waals surface area contributed by atoms with Crippen LogP contribution in [0.5, 0.6) is 0 Å². The van der Waals surface area contributed by atoms with Gasteiger partial charge < -0.3 is 19.5 Å². The Morgan fingerprint density at radius 3 is 2.38 bits per heavy atom. The Hall–Kier alpha value is -3.35. The minimum Gasteiger partial charge on any atom is -0.463 e. The first kappa shape index (κ1) is 30.2. The van der Waals surface area contributed by atoms with Crippen LogP contribution in [0.1, 0.15) is 67.5 Å². The first-order valence-corrected chi connectivity index (χ1v) is 13.2. The van der Waals surface area contributed by atoms with Crippen molar-refractivity contribution in [1.29, 1.82) is 0 Å². The average molecular weight is 551 g/mol. The number of fused-ring (bicyclic) bond motifs is 1. The molecule has 2 N–H and O–H groups in total. The molecule has 0 unspecified atom stereocenters. The predicted octanol–water partition coefficient (Wildman–Crippen LogP) is 3.64. The van der Waals surface area contributed by atoms with Crippen molar-refractivity contribution in [1.82, 2.24) is 19.5 Å². The summed E-state index contributed by atoms with van der Waals surface area (Å²) in [6, 6.07) is 0. The molecule has 39 heavy (non-hydrogen) atoms. The summed E-state index contributed by atoms with van der Waals surface area (Å²) in [5.74, 6) is -1.30. The van der Waals surface area contributed by atoms with E-state index in [-0.39, 0.29) is 48.8 Å². The zero-order chi connectivity index (χ0) is 29.1. The predicted molar refractivity (Wildman–Crippen MR) is 142 cm³/mol. The molecule has 0 saturated carbocycles. The number of aromatic nitrogens is 4. The van der Waals surface area contributed by atoms with Crippen molar-refractivity contribution in [3.63, 3.8) is 0 Å². The number of hydrogen-bond acceptors (Lipinski definition) is 10. The quantitative estimate of drug-likeness (QED) is 0.398. The van der Waals surface area contributed by atoms with Gasteiger partial charge in [-0.3, -0.25) is 24.3 Å². The lowest BCUT2D eigenvalue weighted by Crippen LogP contribution is -2.44. The average Bonchev–Trinajstić information content (AvgIpc) is 3.34. The molecule has 12 nitrogen and oxygen atoms in total. The fraction of sp³-hybridized carbons (Fsp3) is 0.692. The number of rotatable bonds is 11. The standard InChI is InChI=1S/C26H39FN6O6/c1-13(2)9-17(34)30-25-31-21(28-8)19-22(32-25)33(12-29-19)24-26(7,27)20(39-18(35)10-14(3)4)16(38-24)11-37-23(36)15(5)6/h12-16,20,24H,9-11H2,1-8H3,(H2,28,30,31,32,34)/t16-,20-,24-,26-/m1/s1. The van der Waals surface area contributed by atoms with E-state index in [2.05, 4.69) is 25.6 Å². The van der Waals surface area contributed by atoms with E-state index in [4.69, 9.17) is 14.2 Å². The fourth-order valence-electron chi connectivity index (χ4n) is 4.25. The van der Waals surface area contributed by atoms with Gasteiger partial charge in [0.05, 0.1) is 12.2 Å². The fourth-order valence-corrected chi connectivity index (χ4v) is 4.25. The van der Waals surface area contributed by atoms with Gasteiger partial charge in [0.25, 0.3) is 0 Å². The van der Waals surface area contributed by atoms with Crippen molar-refractivity contribution in [3.05, 3.63) is 6.33 Å². The van der Waals surface area contributed by atoms with Crippen LogP contribution in [0.25, 0.3) is 11.2 Å². The van der Waals surface area contributed by atoms with Gasteiger partial charge in [-0.1, -0.05) is 41.5 Å². The van der Waals surface area contributed by atoms with Gasteiger partial charge in [-0.25, -0.2) is 9.37 Å². The number of alkyl halides is 1. The Balaban J connectivity index is 2.00. The number of anilines is 2. The second-order valence-electron chi connectivity index (χ2n) is 11.1. The number of ether oxygens (including phenoxy) is 3. The Morgan fingerprint density at radius 1 is 1.13 bits per heavy atom. The molecule has 1 amide bonds. The molecule has 4 atom stereocenters. The number of carbonyl (C=O) groups excluding carboxylic acids is 3. The third-order valence-corrected chi connectivity index (χ3v) is 6.13. The number of carbonyl (C=O) groups is 3. The smallest absolute Gasteiger partial charge is 0.308 e. The maximum Gasteiger partial charge on any atom is 0.308 e. The van der Waals surface area contributed by atoms with Crippen LogP contribution in [0.2, 0.25) is 0 Å². The molecule has 1 saturated heterocycles. The third kappa shape index (κ3) is 7.00. The molecule has 1 aliphatic heterocycles. The molecule has 0 aromatic carbocycles. The molecule has 0 bridgehead atoms. The number of hydrogen-bond donors (Lipinski definition) is 2. The van der Waals surface area contributed by atoms with E-state index in [1.807, 2.05) is 27.7 Å². The van der Waals surface area contributed by atoms with Crippen LogP contribution in [0, 0.1) is 17.8 Å². The second kappa shape index (κ2) is 12.2. The van der Waals surface area contributed by atoms with Gasteiger partial charge in [0, 0.05) is 19.9 Å². The highest BCUT2D eigenvalue weighted by atomic mass is 19.1. The largest absolute Gasteiger partial charge is 0.463 e. The van der Waals surface area contributed by atoms with E-state index in [9.17, 15) is 14.4 Å². The van der Waals surface area contributed by atoms with Crippen LogP contribution in [-0.4, -0.2) is 68.9 Å². The number of esters is 2. The van der Waals surface area contributed by atoms with Crippen LogP contribution in [-0.2, 0) is 28.6 Å². The molecule has 3 heterocycles.